The topological polar surface area (TPSA) is 150 Å². The highest BCUT2D eigenvalue weighted by atomic mass is 32.1. The van der Waals surface area contributed by atoms with E-state index in [0.717, 1.165) is 11.3 Å². The third-order valence-corrected chi connectivity index (χ3v) is 4.75. The lowest BCUT2D eigenvalue weighted by Gasteiger charge is -2.13. The Kier molecular flexibility index (Phi) is 7.78. The molecule has 0 radical (unpaired) electrons. The second-order valence-electron chi connectivity index (χ2n) is 6.17. The van der Waals surface area contributed by atoms with Crippen LogP contribution in [-0.4, -0.2) is 34.4 Å². The highest BCUT2D eigenvalue weighted by Gasteiger charge is 2.16. The fraction of sp³-hybridized carbons (Fsp3) is 0.333. The van der Waals surface area contributed by atoms with Crippen molar-refractivity contribution >= 4 is 50.6 Å². The largest absolute Gasteiger partial charge is 0.481 e. The predicted molar refractivity (Wildman–Crippen MR) is 111 cm³/mol. The normalized spacial score (nSPS) is 10.3. The Morgan fingerprint density at radius 2 is 1.97 bits per heavy atom. The smallest absolute Gasteiger partial charge is 0.303 e. The molecule has 2 amide bonds. The van der Waals surface area contributed by atoms with E-state index in [2.05, 4.69) is 26.1 Å². The minimum Gasteiger partial charge on any atom is -0.481 e. The zero-order valence-electron chi connectivity index (χ0n) is 15.9. The fourth-order valence-corrected chi connectivity index (χ4v) is 3.21. The molecule has 1 heterocycles. The number of amides is 2. The van der Waals surface area contributed by atoms with E-state index < -0.39 is 11.9 Å². The second kappa shape index (κ2) is 10.3. The lowest BCUT2D eigenvalue weighted by molar-refractivity contribution is -0.137. The molecule has 0 unspecified atom stereocenters. The van der Waals surface area contributed by atoms with Crippen molar-refractivity contribution in [2.24, 2.45) is 5.18 Å². The van der Waals surface area contributed by atoms with Crippen molar-refractivity contribution in [3.05, 3.63) is 34.4 Å². The molecule has 0 saturated carbocycles. The lowest BCUT2D eigenvalue weighted by Crippen LogP contribution is -2.17. The summed E-state index contributed by atoms with van der Waals surface area (Å²) in [5.41, 5.74) is 1.64. The van der Waals surface area contributed by atoms with E-state index in [4.69, 9.17) is 5.11 Å². The predicted octanol–water partition coefficient (Wildman–Crippen LogP) is 3.73. The number of rotatable bonds is 10. The number of nitroso groups, excluding NO2 is 1. The number of hydrogen-bond donors (Lipinski definition) is 4. The van der Waals surface area contributed by atoms with Crippen molar-refractivity contribution in [1.82, 2.24) is 4.98 Å². The van der Waals surface area contributed by atoms with Gasteiger partial charge in [0, 0.05) is 25.6 Å². The summed E-state index contributed by atoms with van der Waals surface area (Å²) in [5, 5.41) is 20.3. The molecule has 0 fully saturated rings. The SMILES string of the molecule is CC(=O)Nc1cc(NCCCCC(=O)O)ccc1C(=O)Nc1nc(C)c(N=O)s1. The number of hydrogen-bond acceptors (Lipinski definition) is 8. The third-order valence-electron chi connectivity index (χ3n) is 3.80. The van der Waals surface area contributed by atoms with Crippen molar-refractivity contribution in [3.8, 4) is 0 Å². The van der Waals surface area contributed by atoms with Crippen LogP contribution in [0.5, 0.6) is 0 Å². The van der Waals surface area contributed by atoms with E-state index in [-0.39, 0.29) is 28.0 Å². The average Bonchev–Trinajstić information content (AvgIpc) is 3.00. The summed E-state index contributed by atoms with van der Waals surface area (Å²) in [6, 6.07) is 4.86. The molecular weight excluding hydrogens is 398 g/mol. The van der Waals surface area contributed by atoms with Crippen LogP contribution in [0.4, 0.5) is 21.5 Å². The van der Waals surface area contributed by atoms with E-state index in [1.54, 1.807) is 25.1 Å². The summed E-state index contributed by atoms with van der Waals surface area (Å²) in [4.78, 5) is 49.4. The maximum atomic E-state index is 12.6. The van der Waals surface area contributed by atoms with Crippen LogP contribution in [-0.2, 0) is 9.59 Å². The van der Waals surface area contributed by atoms with Crippen LogP contribution in [0.25, 0.3) is 0 Å². The van der Waals surface area contributed by atoms with E-state index in [1.165, 1.54) is 6.92 Å². The molecule has 1 aromatic carbocycles. The molecule has 0 atom stereocenters. The number of aliphatic carboxylic acids is 1. The van der Waals surface area contributed by atoms with Crippen LogP contribution in [0.1, 0.15) is 42.2 Å². The van der Waals surface area contributed by atoms with Crippen molar-refractivity contribution < 1.29 is 19.5 Å². The Hall–Kier alpha value is -3.34. The maximum absolute atomic E-state index is 12.6. The first-order valence-corrected chi connectivity index (χ1v) is 9.61. The summed E-state index contributed by atoms with van der Waals surface area (Å²) in [6.45, 7) is 3.50. The zero-order valence-corrected chi connectivity index (χ0v) is 16.8. The quantitative estimate of drug-likeness (QED) is 0.338. The summed E-state index contributed by atoms with van der Waals surface area (Å²) in [6.07, 6.45) is 1.32. The Labute approximate surface area is 170 Å². The number of unbranched alkanes of at least 4 members (excludes halogenated alkanes) is 1. The van der Waals surface area contributed by atoms with Crippen LogP contribution in [0.3, 0.4) is 0 Å². The molecule has 154 valence electrons. The Morgan fingerprint density at radius 3 is 2.59 bits per heavy atom. The minimum absolute atomic E-state index is 0.107. The van der Waals surface area contributed by atoms with Gasteiger partial charge in [-0.25, -0.2) is 4.98 Å². The van der Waals surface area contributed by atoms with Gasteiger partial charge in [0.15, 0.2) is 10.1 Å². The van der Waals surface area contributed by atoms with Gasteiger partial charge < -0.3 is 15.7 Å². The number of nitrogens with zero attached hydrogens (tertiary/aromatic N) is 2. The number of anilines is 3. The van der Waals surface area contributed by atoms with Gasteiger partial charge in [-0.15, -0.1) is 4.91 Å². The van der Waals surface area contributed by atoms with Crippen molar-refractivity contribution in [3.63, 3.8) is 0 Å². The molecular formula is C18H21N5O5S. The summed E-state index contributed by atoms with van der Waals surface area (Å²) >= 11 is 0.959. The van der Waals surface area contributed by atoms with Gasteiger partial charge in [-0.1, -0.05) is 11.3 Å². The molecule has 0 bridgehead atoms. The number of aryl methyl sites for hydroxylation is 1. The molecule has 11 heteroatoms. The number of carboxylic acid groups (broad SMARTS) is 1. The van der Waals surface area contributed by atoms with Crippen LogP contribution < -0.4 is 16.0 Å². The summed E-state index contributed by atoms with van der Waals surface area (Å²) < 4.78 is 0. The molecule has 0 saturated heterocycles. The van der Waals surface area contributed by atoms with E-state index >= 15 is 0 Å². The first-order valence-electron chi connectivity index (χ1n) is 8.79. The van der Waals surface area contributed by atoms with Gasteiger partial charge in [-0.3, -0.25) is 19.7 Å². The van der Waals surface area contributed by atoms with Gasteiger partial charge in [0.05, 0.1) is 16.9 Å². The number of carbonyl (C=O) groups is 3. The number of nitrogens with one attached hydrogen (secondary N) is 3. The van der Waals surface area contributed by atoms with Crippen LogP contribution >= 0.6 is 11.3 Å². The van der Waals surface area contributed by atoms with Crippen LogP contribution in [0, 0.1) is 11.8 Å². The van der Waals surface area contributed by atoms with Crippen molar-refractivity contribution in [1.29, 1.82) is 0 Å². The van der Waals surface area contributed by atoms with Gasteiger partial charge in [0.1, 0.15) is 0 Å². The average molecular weight is 419 g/mol. The lowest BCUT2D eigenvalue weighted by atomic mass is 10.1. The second-order valence-corrected chi connectivity index (χ2v) is 7.15. The van der Waals surface area contributed by atoms with Crippen molar-refractivity contribution in [2.75, 3.05) is 22.5 Å². The highest BCUT2D eigenvalue weighted by Crippen LogP contribution is 2.31. The fourth-order valence-electron chi connectivity index (χ4n) is 2.47. The highest BCUT2D eigenvalue weighted by molar-refractivity contribution is 7.19. The number of aromatic nitrogens is 1. The molecule has 2 aromatic rings. The number of carboxylic acids is 1. The maximum Gasteiger partial charge on any atom is 0.303 e. The molecule has 0 aliphatic heterocycles. The molecule has 0 spiro atoms. The first-order chi connectivity index (χ1) is 13.8. The van der Waals surface area contributed by atoms with E-state index in [0.29, 0.717) is 36.5 Å². The zero-order chi connectivity index (χ0) is 21.4. The number of thiazole rings is 1. The van der Waals surface area contributed by atoms with Crippen molar-refractivity contribution in [2.45, 2.75) is 33.1 Å². The molecule has 2 rings (SSSR count). The van der Waals surface area contributed by atoms with Gasteiger partial charge in [0.25, 0.3) is 5.91 Å². The van der Waals surface area contributed by atoms with E-state index in [9.17, 15) is 19.3 Å². The number of carbonyl (C=O) groups excluding carboxylic acids is 2. The molecule has 4 N–H and O–H groups in total. The molecule has 0 aliphatic carbocycles. The molecule has 1 aromatic heterocycles. The number of benzene rings is 1. The van der Waals surface area contributed by atoms with E-state index in [1.807, 2.05) is 0 Å². The Bertz CT molecular complexity index is 927. The minimum atomic E-state index is -0.834. The first kappa shape index (κ1) is 22.0. The standard InChI is InChI=1S/C18H21N5O5S/c1-10-17(23-28)29-18(20-10)22-16(27)13-7-6-12(9-14(13)21-11(2)24)19-8-4-3-5-15(25)26/h6-7,9,19H,3-5,8H2,1-2H3,(H,21,24)(H,25,26)(H,20,22,27). The van der Waals surface area contributed by atoms with Gasteiger partial charge >= 0.3 is 5.97 Å². The summed E-state index contributed by atoms with van der Waals surface area (Å²) in [5.74, 6) is -1.66. The Balaban J connectivity index is 2.10. The van der Waals surface area contributed by atoms with Crippen LogP contribution in [0.2, 0.25) is 0 Å². The van der Waals surface area contributed by atoms with Gasteiger partial charge in [-0.2, -0.15) is 0 Å². The molecule has 0 aliphatic rings. The third kappa shape index (κ3) is 6.64. The monoisotopic (exact) mass is 419 g/mol. The summed E-state index contributed by atoms with van der Waals surface area (Å²) in [7, 11) is 0. The van der Waals surface area contributed by atoms with Gasteiger partial charge in [-0.05, 0) is 43.1 Å². The van der Waals surface area contributed by atoms with Gasteiger partial charge in [0.2, 0.25) is 5.91 Å². The Morgan fingerprint density at radius 1 is 1.21 bits per heavy atom. The molecule has 29 heavy (non-hydrogen) atoms. The van der Waals surface area contributed by atoms with Crippen LogP contribution in [0.15, 0.2) is 23.4 Å². The molecule has 10 nitrogen and oxygen atoms in total.